The van der Waals surface area contributed by atoms with Crippen LogP contribution in [0.1, 0.15) is 34.5 Å². The molecule has 1 N–H and O–H groups in total. The van der Waals surface area contributed by atoms with E-state index < -0.39 is 10.0 Å². The number of ether oxygens (including phenoxy) is 2. The molecule has 0 saturated heterocycles. The Balaban J connectivity index is 1.47. The smallest absolute Gasteiger partial charge is 0.251 e. The largest absolute Gasteiger partial charge is 0.486 e. The standard InChI is InChI=1S/C25H25ClN2O5S/c1-17(20-7-12-23-24(15-20)33-14-13-32-23)27-25(29)19-5-10-22(11-6-19)28(34(2,30)31)16-18-3-8-21(26)9-4-18/h3-12,15,17H,13-14,16H2,1-2H3,(H,27,29)/t17-/m0/s1. The summed E-state index contributed by atoms with van der Waals surface area (Å²) in [6.45, 7) is 3.05. The highest BCUT2D eigenvalue weighted by Gasteiger charge is 2.20. The second kappa shape index (κ2) is 9.95. The summed E-state index contributed by atoms with van der Waals surface area (Å²) in [5.74, 6) is 1.09. The molecule has 0 unspecified atom stereocenters. The van der Waals surface area contributed by atoms with E-state index in [1.165, 1.54) is 4.31 Å². The Morgan fingerprint density at radius 2 is 1.65 bits per heavy atom. The number of halogens is 1. The lowest BCUT2D eigenvalue weighted by molar-refractivity contribution is 0.0939. The van der Waals surface area contributed by atoms with Crippen molar-refractivity contribution in [1.82, 2.24) is 5.32 Å². The molecule has 0 bridgehead atoms. The van der Waals surface area contributed by atoms with Gasteiger partial charge in [0.2, 0.25) is 10.0 Å². The number of carbonyl (C=O) groups excluding carboxylic acids is 1. The predicted octanol–water partition coefficient (Wildman–Crippen LogP) is 4.57. The molecule has 3 aromatic rings. The van der Waals surface area contributed by atoms with Crippen LogP contribution in [0.25, 0.3) is 0 Å². The molecule has 178 valence electrons. The highest BCUT2D eigenvalue weighted by Crippen LogP contribution is 2.32. The van der Waals surface area contributed by atoms with E-state index in [4.69, 9.17) is 21.1 Å². The zero-order valence-electron chi connectivity index (χ0n) is 18.8. The summed E-state index contributed by atoms with van der Waals surface area (Å²) in [5.41, 5.74) is 2.58. The molecule has 1 amide bonds. The molecular formula is C25H25ClN2O5S. The van der Waals surface area contributed by atoms with Crippen LogP contribution in [-0.4, -0.2) is 33.8 Å². The quantitative estimate of drug-likeness (QED) is 0.513. The third-order valence-corrected chi connectivity index (χ3v) is 6.86. The van der Waals surface area contributed by atoms with Crippen LogP contribution in [-0.2, 0) is 16.6 Å². The van der Waals surface area contributed by atoms with Crippen LogP contribution in [0.3, 0.4) is 0 Å². The van der Waals surface area contributed by atoms with Crippen LogP contribution in [0.15, 0.2) is 66.7 Å². The minimum atomic E-state index is -3.54. The minimum absolute atomic E-state index is 0.155. The Morgan fingerprint density at radius 1 is 1.00 bits per heavy atom. The number of benzene rings is 3. The van der Waals surface area contributed by atoms with E-state index in [0.29, 0.717) is 41.0 Å². The number of anilines is 1. The van der Waals surface area contributed by atoms with Crippen LogP contribution in [0.5, 0.6) is 11.5 Å². The molecule has 34 heavy (non-hydrogen) atoms. The normalized spacial score (nSPS) is 13.7. The van der Waals surface area contributed by atoms with E-state index in [1.807, 2.05) is 25.1 Å². The van der Waals surface area contributed by atoms with Crippen molar-refractivity contribution >= 4 is 33.2 Å². The van der Waals surface area contributed by atoms with Crippen molar-refractivity contribution in [3.63, 3.8) is 0 Å². The molecule has 1 atom stereocenters. The van der Waals surface area contributed by atoms with Crippen molar-refractivity contribution in [2.24, 2.45) is 0 Å². The first kappa shape index (κ1) is 23.9. The number of rotatable bonds is 7. The molecule has 9 heteroatoms. The van der Waals surface area contributed by atoms with Gasteiger partial charge in [0, 0.05) is 10.6 Å². The monoisotopic (exact) mass is 500 g/mol. The van der Waals surface area contributed by atoms with Crippen LogP contribution in [0, 0.1) is 0 Å². The van der Waals surface area contributed by atoms with Gasteiger partial charge in [-0.25, -0.2) is 8.42 Å². The van der Waals surface area contributed by atoms with Crippen molar-refractivity contribution in [2.75, 3.05) is 23.8 Å². The van der Waals surface area contributed by atoms with Gasteiger partial charge in [0.15, 0.2) is 11.5 Å². The van der Waals surface area contributed by atoms with Gasteiger partial charge in [0.25, 0.3) is 5.91 Å². The molecule has 0 radical (unpaired) electrons. The summed E-state index contributed by atoms with van der Waals surface area (Å²) in [4.78, 5) is 12.8. The highest BCUT2D eigenvalue weighted by atomic mass is 35.5. The van der Waals surface area contributed by atoms with Gasteiger partial charge >= 0.3 is 0 Å². The minimum Gasteiger partial charge on any atom is -0.486 e. The van der Waals surface area contributed by atoms with Gasteiger partial charge in [-0.05, 0) is 66.6 Å². The number of nitrogens with zero attached hydrogens (tertiary/aromatic N) is 1. The summed E-state index contributed by atoms with van der Waals surface area (Å²) >= 11 is 5.93. The summed E-state index contributed by atoms with van der Waals surface area (Å²) in [5, 5.41) is 3.54. The van der Waals surface area contributed by atoms with Gasteiger partial charge in [0.05, 0.1) is 24.5 Å². The van der Waals surface area contributed by atoms with E-state index in [9.17, 15) is 13.2 Å². The Bertz CT molecular complexity index is 1280. The summed E-state index contributed by atoms with van der Waals surface area (Å²) in [6, 6.07) is 18.8. The van der Waals surface area contributed by atoms with Gasteiger partial charge < -0.3 is 14.8 Å². The van der Waals surface area contributed by atoms with Gasteiger partial charge in [-0.1, -0.05) is 29.8 Å². The average Bonchev–Trinajstić information content (AvgIpc) is 2.82. The maximum Gasteiger partial charge on any atom is 0.251 e. The van der Waals surface area contributed by atoms with E-state index in [1.54, 1.807) is 48.5 Å². The second-order valence-corrected chi connectivity index (χ2v) is 10.4. The molecule has 4 rings (SSSR count). The fourth-order valence-electron chi connectivity index (χ4n) is 3.63. The summed E-state index contributed by atoms with van der Waals surface area (Å²) in [6.07, 6.45) is 1.15. The van der Waals surface area contributed by atoms with Crippen LogP contribution < -0.4 is 19.1 Å². The number of carbonyl (C=O) groups is 1. The lowest BCUT2D eigenvalue weighted by Gasteiger charge is -2.23. The molecule has 1 aliphatic heterocycles. The molecule has 0 spiro atoms. The fraction of sp³-hybridized carbons (Fsp3) is 0.240. The molecular weight excluding hydrogens is 476 g/mol. The second-order valence-electron chi connectivity index (χ2n) is 8.04. The Hall–Kier alpha value is -3.23. The predicted molar refractivity (Wildman–Crippen MR) is 132 cm³/mol. The number of hydrogen-bond acceptors (Lipinski definition) is 5. The zero-order valence-corrected chi connectivity index (χ0v) is 20.4. The van der Waals surface area contributed by atoms with Crippen molar-refractivity contribution in [2.45, 2.75) is 19.5 Å². The van der Waals surface area contributed by atoms with Gasteiger partial charge in [0.1, 0.15) is 13.2 Å². The third-order valence-electron chi connectivity index (χ3n) is 5.47. The molecule has 1 aliphatic rings. The lowest BCUT2D eigenvalue weighted by Crippen LogP contribution is -2.29. The van der Waals surface area contributed by atoms with Crippen LogP contribution in [0.2, 0.25) is 5.02 Å². The Labute approximate surface area is 204 Å². The Morgan fingerprint density at radius 3 is 2.29 bits per heavy atom. The van der Waals surface area contributed by atoms with Crippen LogP contribution in [0.4, 0.5) is 5.69 Å². The first-order valence-corrected chi connectivity index (χ1v) is 13.0. The van der Waals surface area contributed by atoms with E-state index in [2.05, 4.69) is 5.32 Å². The SMILES string of the molecule is C[C@H](NC(=O)c1ccc(N(Cc2ccc(Cl)cc2)S(C)(=O)=O)cc1)c1ccc2c(c1)OCCO2. The molecule has 0 fully saturated rings. The van der Waals surface area contributed by atoms with E-state index >= 15 is 0 Å². The maximum absolute atomic E-state index is 12.8. The van der Waals surface area contributed by atoms with Gasteiger partial charge in [-0.3, -0.25) is 9.10 Å². The molecule has 0 aromatic heterocycles. The van der Waals surface area contributed by atoms with Crippen molar-refractivity contribution < 1.29 is 22.7 Å². The molecule has 1 heterocycles. The van der Waals surface area contributed by atoms with Crippen molar-refractivity contribution in [3.05, 3.63) is 88.4 Å². The van der Waals surface area contributed by atoms with Gasteiger partial charge in [-0.2, -0.15) is 0 Å². The van der Waals surface area contributed by atoms with Crippen molar-refractivity contribution in [1.29, 1.82) is 0 Å². The van der Waals surface area contributed by atoms with E-state index in [-0.39, 0.29) is 18.5 Å². The lowest BCUT2D eigenvalue weighted by atomic mass is 10.1. The summed E-state index contributed by atoms with van der Waals surface area (Å²) < 4.78 is 37.3. The average molecular weight is 501 g/mol. The van der Waals surface area contributed by atoms with Gasteiger partial charge in [-0.15, -0.1) is 0 Å². The molecule has 0 saturated carbocycles. The topological polar surface area (TPSA) is 84.9 Å². The fourth-order valence-corrected chi connectivity index (χ4v) is 4.64. The third kappa shape index (κ3) is 5.63. The number of hydrogen-bond donors (Lipinski definition) is 1. The maximum atomic E-state index is 12.8. The zero-order chi connectivity index (χ0) is 24.3. The van der Waals surface area contributed by atoms with Crippen LogP contribution >= 0.6 is 11.6 Å². The Kier molecular flexibility index (Phi) is 7.00. The molecule has 7 nitrogen and oxygen atoms in total. The van der Waals surface area contributed by atoms with Crippen molar-refractivity contribution in [3.8, 4) is 11.5 Å². The first-order valence-electron chi connectivity index (χ1n) is 10.7. The van der Waals surface area contributed by atoms with E-state index in [0.717, 1.165) is 17.4 Å². The highest BCUT2D eigenvalue weighted by molar-refractivity contribution is 7.92. The molecule has 3 aromatic carbocycles. The molecule has 0 aliphatic carbocycles. The first-order chi connectivity index (χ1) is 16.2. The number of fused-ring (bicyclic) bond motifs is 1. The summed E-state index contributed by atoms with van der Waals surface area (Å²) in [7, 11) is -3.54. The number of amides is 1. The number of sulfonamides is 1. The number of nitrogens with one attached hydrogen (secondary N) is 1.